The first-order chi connectivity index (χ1) is 21.5. The lowest BCUT2D eigenvalue weighted by molar-refractivity contribution is -0.903. The summed E-state index contributed by atoms with van der Waals surface area (Å²) in [5.74, 6) is 6.79. The molecule has 2 aromatic rings. The molecule has 0 heterocycles. The van der Waals surface area contributed by atoms with Gasteiger partial charge in [-0.3, -0.25) is 4.79 Å². The van der Waals surface area contributed by atoms with Crippen molar-refractivity contribution in [1.29, 1.82) is 0 Å². The van der Waals surface area contributed by atoms with E-state index in [0.717, 1.165) is 24.8 Å². The van der Waals surface area contributed by atoms with E-state index in [1.807, 2.05) is 45.3 Å². The minimum absolute atomic E-state index is 0.0219. The fourth-order valence-electron chi connectivity index (χ4n) is 6.87. The Balaban J connectivity index is 1.26. The maximum absolute atomic E-state index is 12.6. The zero-order chi connectivity index (χ0) is 32.6. The number of aryl methyl sites for hydroxylation is 1. The zero-order valence-corrected chi connectivity index (χ0v) is 27.8. The highest BCUT2D eigenvalue weighted by Gasteiger charge is 2.46. The molecule has 0 spiro atoms. The van der Waals surface area contributed by atoms with Gasteiger partial charge in [0.2, 0.25) is 0 Å². The molecule has 0 bridgehead atoms. The van der Waals surface area contributed by atoms with Crippen molar-refractivity contribution in [2.75, 3.05) is 27.2 Å². The molecule has 0 aromatic heterocycles. The number of hydrogen-bond donors (Lipinski definition) is 4. The molecule has 45 heavy (non-hydrogen) atoms. The predicted octanol–water partition coefficient (Wildman–Crippen LogP) is 5.02. The van der Waals surface area contributed by atoms with E-state index in [4.69, 9.17) is 9.26 Å². The third-order valence-corrected chi connectivity index (χ3v) is 9.66. The van der Waals surface area contributed by atoms with Gasteiger partial charge in [0, 0.05) is 24.3 Å². The van der Waals surface area contributed by atoms with Gasteiger partial charge in [-0.15, -0.1) is 11.8 Å². The number of carbonyl (C=O) groups excluding carboxylic acids is 1. The summed E-state index contributed by atoms with van der Waals surface area (Å²) < 4.78 is 11.3. The molecule has 8 nitrogen and oxygen atoms in total. The smallest absolute Gasteiger partial charge is 0.391 e. The lowest BCUT2D eigenvalue weighted by Gasteiger charge is -2.30. The third kappa shape index (κ3) is 9.62. The van der Waals surface area contributed by atoms with Gasteiger partial charge in [-0.1, -0.05) is 49.4 Å². The Hall–Kier alpha value is -2.76. The van der Waals surface area contributed by atoms with Crippen LogP contribution in [0.2, 0.25) is 0 Å². The summed E-state index contributed by atoms with van der Waals surface area (Å²) in [4.78, 5) is 31.1. The number of benzene rings is 2. The summed E-state index contributed by atoms with van der Waals surface area (Å²) in [5, 5.41) is 21.5. The molecule has 0 saturated heterocycles. The average Bonchev–Trinajstić information content (AvgIpc) is 3.50. The monoisotopic (exact) mass is 638 g/mol. The molecule has 244 valence electrons. The van der Waals surface area contributed by atoms with Gasteiger partial charge in [0.25, 0.3) is 0 Å². The Labute approximate surface area is 269 Å². The van der Waals surface area contributed by atoms with E-state index in [0.29, 0.717) is 55.1 Å². The minimum Gasteiger partial charge on any atom is -0.460 e. The first kappa shape index (κ1) is 35.1. The highest BCUT2D eigenvalue weighted by atomic mass is 31.2. The minimum atomic E-state index is -2.49. The summed E-state index contributed by atoms with van der Waals surface area (Å²) in [7, 11) is 1.56. The number of aliphatic hydroxyl groups is 2. The fourth-order valence-corrected chi connectivity index (χ4v) is 7.22. The number of likely N-dealkylation sites (N-methyl/N-ethyl adjacent to an activating group) is 1. The molecule has 2 aliphatic carbocycles. The van der Waals surface area contributed by atoms with Crippen molar-refractivity contribution in [2.24, 2.45) is 17.8 Å². The summed E-state index contributed by atoms with van der Waals surface area (Å²) in [6.45, 7) is 5.28. The molecule has 0 aliphatic heterocycles. The van der Waals surface area contributed by atoms with E-state index in [1.165, 1.54) is 16.7 Å². The second-order valence-electron chi connectivity index (χ2n) is 13.2. The van der Waals surface area contributed by atoms with Gasteiger partial charge < -0.3 is 33.7 Å². The Morgan fingerprint density at radius 2 is 1.91 bits per heavy atom. The van der Waals surface area contributed by atoms with Crippen LogP contribution in [0.25, 0.3) is 0 Å². The maximum Gasteiger partial charge on any atom is 0.391 e. The van der Waals surface area contributed by atoms with Crippen LogP contribution in [0, 0.1) is 29.6 Å². The van der Waals surface area contributed by atoms with Crippen LogP contribution in [0.15, 0.2) is 54.6 Å². The van der Waals surface area contributed by atoms with Gasteiger partial charge in [0.15, 0.2) is 0 Å². The molecule has 0 amide bonds. The van der Waals surface area contributed by atoms with E-state index < -0.39 is 20.8 Å². The molecule has 0 radical (unpaired) electrons. The van der Waals surface area contributed by atoms with E-state index in [-0.39, 0.29) is 23.7 Å². The van der Waals surface area contributed by atoms with E-state index >= 15 is 0 Å². The van der Waals surface area contributed by atoms with Crippen molar-refractivity contribution < 1.29 is 38.5 Å². The zero-order valence-electron chi connectivity index (χ0n) is 26.9. The Bertz CT molecular complexity index is 1380. The molecule has 2 aromatic carbocycles. The normalized spacial score (nSPS) is 22.1. The van der Waals surface area contributed by atoms with E-state index in [2.05, 4.69) is 30.0 Å². The van der Waals surface area contributed by atoms with E-state index in [1.54, 1.807) is 19.1 Å². The number of ether oxygens (including phenoxy) is 1. The van der Waals surface area contributed by atoms with Crippen molar-refractivity contribution in [3.8, 4) is 17.6 Å². The van der Waals surface area contributed by atoms with Gasteiger partial charge in [0.05, 0.1) is 26.3 Å². The number of nitrogens with zero attached hydrogens (tertiary/aromatic N) is 1. The Kier molecular flexibility index (Phi) is 12.6. The highest BCUT2D eigenvalue weighted by Crippen LogP contribution is 2.53. The van der Waals surface area contributed by atoms with Crippen LogP contribution in [0.4, 0.5) is 0 Å². The molecule has 2 aliphatic rings. The predicted molar refractivity (Wildman–Crippen MR) is 176 cm³/mol. The van der Waals surface area contributed by atoms with Gasteiger partial charge in [-0.05, 0) is 79.2 Å². The quantitative estimate of drug-likeness (QED) is 0.0712. The van der Waals surface area contributed by atoms with Crippen molar-refractivity contribution in [3.63, 3.8) is 0 Å². The lowest BCUT2D eigenvalue weighted by Crippen LogP contribution is -2.41. The Morgan fingerprint density at radius 1 is 1.16 bits per heavy atom. The molecule has 1 unspecified atom stereocenters. The maximum atomic E-state index is 12.6. The molecule has 9 heteroatoms. The second-order valence-corrected chi connectivity index (χ2v) is 13.9. The molecule has 4 rings (SSSR count). The van der Waals surface area contributed by atoms with Gasteiger partial charge in [0.1, 0.15) is 25.4 Å². The van der Waals surface area contributed by atoms with Gasteiger partial charge >= 0.3 is 14.6 Å². The van der Waals surface area contributed by atoms with Crippen molar-refractivity contribution in [3.05, 3.63) is 76.9 Å². The number of fused-ring (bicyclic) bond motifs is 3. The fraction of sp³-hybridized carbons (Fsp3) is 0.528. The number of hydrogen-bond acceptors (Lipinski definition) is 7. The molecule has 1 saturated carbocycles. The topological polar surface area (TPSA) is 116 Å². The summed E-state index contributed by atoms with van der Waals surface area (Å²) >= 11 is 0. The standard InChI is InChI=1S/C36H49NO7P/c1-5-6-11-25(2)32(38)19-18-30-33(39)23-28-22-31-26(13-9-15-29(31)36(28)30)14-10-17-35(40)43-21-20-37(3,4)24-27-12-7-8-16-34(27)44-45(41)42/h7-9,12-13,15-16,18-19,25,28,30,32-33,36,38-39,41-42H,10-11,14,17,20-24H2,1-4H3/q+1/b19-18+/t25?,28-,30-,32+,33+,36+/m0/s1. The van der Waals surface area contributed by atoms with Gasteiger partial charge in [-0.2, -0.15) is 0 Å². The van der Waals surface area contributed by atoms with Crippen LogP contribution in [0.5, 0.6) is 5.75 Å². The Morgan fingerprint density at radius 3 is 2.67 bits per heavy atom. The van der Waals surface area contributed by atoms with Crippen LogP contribution in [-0.2, 0) is 28.9 Å². The largest absolute Gasteiger partial charge is 0.460 e. The van der Waals surface area contributed by atoms with Crippen LogP contribution in [0.3, 0.4) is 0 Å². The SMILES string of the molecule is CC#CCC(C)[C@H](O)/C=C/[C@@H]1[C@H]2c3cccc(CCCC(=O)OCC[N+](C)(C)Cc4ccccc4OP(O)O)c3C[C@H]2C[C@H]1O. The average molecular weight is 639 g/mol. The first-order valence-corrected chi connectivity index (χ1v) is 17.1. The third-order valence-electron chi connectivity index (χ3n) is 9.30. The molecular weight excluding hydrogens is 589 g/mol. The van der Waals surface area contributed by atoms with Crippen LogP contribution in [0.1, 0.15) is 67.7 Å². The molecule has 6 atom stereocenters. The number of esters is 1. The number of aliphatic hydroxyl groups excluding tert-OH is 2. The van der Waals surface area contributed by atoms with Crippen LogP contribution < -0.4 is 4.52 Å². The van der Waals surface area contributed by atoms with Crippen molar-refractivity contribution in [1.82, 2.24) is 0 Å². The van der Waals surface area contributed by atoms with Crippen LogP contribution in [-0.4, -0.2) is 69.9 Å². The number of rotatable bonds is 15. The van der Waals surface area contributed by atoms with Crippen LogP contribution >= 0.6 is 8.60 Å². The molecule has 4 N–H and O–H groups in total. The summed E-state index contributed by atoms with van der Waals surface area (Å²) in [6.07, 6.45) is 7.05. The van der Waals surface area contributed by atoms with Gasteiger partial charge in [-0.25, -0.2) is 0 Å². The van der Waals surface area contributed by atoms with Crippen molar-refractivity contribution >= 4 is 14.6 Å². The second kappa shape index (κ2) is 16.2. The first-order valence-electron chi connectivity index (χ1n) is 15.9. The van der Waals surface area contributed by atoms with Crippen molar-refractivity contribution in [2.45, 2.75) is 77.0 Å². The lowest BCUT2D eigenvalue weighted by atomic mass is 9.86. The number of para-hydroxylation sites is 1. The summed E-state index contributed by atoms with van der Waals surface area (Å²) in [6, 6.07) is 13.7. The molecule has 1 fully saturated rings. The summed E-state index contributed by atoms with van der Waals surface area (Å²) in [5.41, 5.74) is 4.78. The van der Waals surface area contributed by atoms with E-state index in [9.17, 15) is 24.8 Å². The molecular formula is C36H49NO7P+. The number of carbonyl (C=O) groups is 1. The highest BCUT2D eigenvalue weighted by molar-refractivity contribution is 7.39. The number of quaternary nitrogens is 1.